The molecule has 4 aromatic rings. The van der Waals surface area contributed by atoms with Gasteiger partial charge in [0.25, 0.3) is 17.8 Å². The molecule has 0 aliphatic carbocycles. The maximum absolute atomic E-state index is 13.7. The fourth-order valence-electron chi connectivity index (χ4n) is 5.10. The van der Waals surface area contributed by atoms with Gasteiger partial charge in [-0.25, -0.2) is 0 Å². The lowest BCUT2D eigenvalue weighted by Crippen LogP contribution is -2.34. The lowest BCUT2D eigenvalue weighted by atomic mass is 10.0. The number of carbonyl (C=O) groups is 2. The number of hydrogen-bond acceptors (Lipinski definition) is 5. The average Bonchev–Trinajstić information content (AvgIpc) is 3.43. The van der Waals surface area contributed by atoms with Crippen LogP contribution in [0, 0.1) is 19.8 Å². The molecule has 2 amide bonds. The van der Waals surface area contributed by atoms with E-state index in [4.69, 9.17) is 4.42 Å². The Hall–Kier alpha value is -4.60. The minimum atomic E-state index is -4.85. The van der Waals surface area contributed by atoms with Gasteiger partial charge in [0.05, 0.1) is 0 Å². The number of aryl methyl sites for hydroxylation is 2. The molecule has 218 valence electrons. The first-order chi connectivity index (χ1) is 20.0. The number of amides is 2. The minimum Gasteiger partial charge on any atom is -0.417 e. The maximum Gasteiger partial charge on any atom is 0.437 e. The number of halogens is 3. The van der Waals surface area contributed by atoms with Crippen molar-refractivity contribution >= 4 is 29.2 Å². The van der Waals surface area contributed by atoms with E-state index in [2.05, 4.69) is 15.6 Å². The van der Waals surface area contributed by atoms with Crippen molar-refractivity contribution in [1.29, 1.82) is 0 Å². The molecule has 1 atom stereocenters. The Morgan fingerprint density at radius 2 is 1.52 bits per heavy atom. The van der Waals surface area contributed by atoms with Crippen LogP contribution in [0.5, 0.6) is 0 Å². The summed E-state index contributed by atoms with van der Waals surface area (Å²) < 4.78 is 46.6. The van der Waals surface area contributed by atoms with E-state index in [1.165, 1.54) is 0 Å². The lowest BCUT2D eigenvalue weighted by Gasteiger charge is -2.29. The Balaban J connectivity index is 1.27. The highest BCUT2D eigenvalue weighted by Crippen LogP contribution is 2.35. The number of anilines is 3. The Morgan fingerprint density at radius 1 is 0.905 bits per heavy atom. The number of rotatable bonds is 6. The highest BCUT2D eigenvalue weighted by atomic mass is 19.4. The van der Waals surface area contributed by atoms with Gasteiger partial charge in [-0.2, -0.15) is 18.2 Å². The molecular weight excluding hydrogens is 545 g/mol. The fourth-order valence-corrected chi connectivity index (χ4v) is 5.10. The number of nitrogens with zero attached hydrogens (tertiary/aromatic N) is 2. The van der Waals surface area contributed by atoms with E-state index < -0.39 is 23.5 Å². The van der Waals surface area contributed by atoms with Crippen molar-refractivity contribution in [2.24, 2.45) is 5.92 Å². The summed E-state index contributed by atoms with van der Waals surface area (Å²) in [5.74, 6) is -1.83. The number of aromatic nitrogens is 1. The third-order valence-corrected chi connectivity index (χ3v) is 7.36. The number of piperidine rings is 1. The number of oxazole rings is 1. The van der Waals surface area contributed by atoms with Gasteiger partial charge in [0.2, 0.25) is 5.76 Å². The van der Waals surface area contributed by atoms with E-state index in [-0.39, 0.29) is 17.8 Å². The van der Waals surface area contributed by atoms with Crippen LogP contribution < -0.4 is 15.5 Å². The molecule has 0 saturated carbocycles. The molecule has 1 fully saturated rings. The van der Waals surface area contributed by atoms with Gasteiger partial charge < -0.3 is 20.0 Å². The SMILES string of the molecule is Cc1cccc(C)c1NC(=O)c1ccc(-c2ccc(NC(=O)c3oc(N4CCCC(C)C4)nc3C(F)(F)F)cc2)cc1. The van der Waals surface area contributed by atoms with Gasteiger partial charge >= 0.3 is 6.18 Å². The second kappa shape index (κ2) is 11.7. The molecule has 3 aromatic carbocycles. The predicted octanol–water partition coefficient (Wildman–Crippen LogP) is 7.72. The molecule has 1 unspecified atom stereocenters. The van der Waals surface area contributed by atoms with Crippen LogP contribution in [0.3, 0.4) is 0 Å². The second-order valence-electron chi connectivity index (χ2n) is 10.7. The van der Waals surface area contributed by atoms with Crippen molar-refractivity contribution in [3.05, 3.63) is 94.9 Å². The molecule has 0 radical (unpaired) electrons. The summed E-state index contributed by atoms with van der Waals surface area (Å²) >= 11 is 0. The lowest BCUT2D eigenvalue weighted by molar-refractivity contribution is -0.141. The second-order valence-corrected chi connectivity index (χ2v) is 10.7. The zero-order valence-corrected chi connectivity index (χ0v) is 23.5. The summed E-state index contributed by atoms with van der Waals surface area (Å²) in [7, 11) is 0. The molecule has 5 rings (SSSR count). The molecule has 42 heavy (non-hydrogen) atoms. The van der Waals surface area contributed by atoms with Gasteiger partial charge in [-0.05, 0) is 79.1 Å². The summed E-state index contributed by atoms with van der Waals surface area (Å²) in [6, 6.07) is 19.3. The molecule has 2 N–H and O–H groups in total. The Bertz CT molecular complexity index is 1570. The Morgan fingerprint density at radius 3 is 2.12 bits per heavy atom. The first-order valence-electron chi connectivity index (χ1n) is 13.7. The molecule has 0 bridgehead atoms. The fraction of sp³-hybridized carbons (Fsp3) is 0.281. The number of nitrogens with one attached hydrogen (secondary N) is 2. The molecule has 1 aromatic heterocycles. The summed E-state index contributed by atoms with van der Waals surface area (Å²) in [5.41, 5.74) is 3.81. The minimum absolute atomic E-state index is 0.194. The standard InChI is InChI=1S/C32H31F3N4O3/c1-19-6-5-17-39(18-19)31-38-28(32(33,34)35)27(42-31)30(41)36-25-15-13-23(14-16-25)22-9-11-24(12-10-22)29(40)37-26-20(2)7-4-8-21(26)3/h4,7-16,19H,5-6,17-18H2,1-3H3,(H,36,41)(H,37,40). The molecule has 1 aliphatic heterocycles. The van der Waals surface area contributed by atoms with Crippen molar-refractivity contribution in [1.82, 2.24) is 4.98 Å². The van der Waals surface area contributed by atoms with Crippen LogP contribution in [-0.2, 0) is 6.18 Å². The van der Waals surface area contributed by atoms with Crippen molar-refractivity contribution in [3.63, 3.8) is 0 Å². The molecule has 1 saturated heterocycles. The number of para-hydroxylation sites is 1. The first kappa shape index (κ1) is 28.9. The van der Waals surface area contributed by atoms with E-state index in [0.29, 0.717) is 24.3 Å². The number of carbonyl (C=O) groups excluding carboxylic acids is 2. The maximum atomic E-state index is 13.7. The monoisotopic (exact) mass is 576 g/mol. The van der Waals surface area contributed by atoms with Crippen LogP contribution in [0.15, 0.2) is 71.1 Å². The quantitative estimate of drug-likeness (QED) is 0.245. The van der Waals surface area contributed by atoms with Gasteiger partial charge in [-0.3, -0.25) is 9.59 Å². The summed E-state index contributed by atoms with van der Waals surface area (Å²) in [6.45, 7) is 6.91. The average molecular weight is 577 g/mol. The first-order valence-corrected chi connectivity index (χ1v) is 13.7. The van der Waals surface area contributed by atoms with Crippen molar-refractivity contribution in [2.45, 2.75) is 39.8 Å². The van der Waals surface area contributed by atoms with Gasteiger partial charge in [0.15, 0.2) is 5.69 Å². The van der Waals surface area contributed by atoms with Gasteiger partial charge in [0.1, 0.15) is 0 Å². The van der Waals surface area contributed by atoms with Gasteiger partial charge in [-0.15, -0.1) is 0 Å². The largest absolute Gasteiger partial charge is 0.437 e. The Kier molecular flexibility index (Phi) is 8.06. The Labute approximate surface area is 241 Å². The van der Waals surface area contributed by atoms with E-state index in [1.54, 1.807) is 53.4 Å². The number of alkyl halides is 3. The highest BCUT2D eigenvalue weighted by molar-refractivity contribution is 6.05. The smallest absolute Gasteiger partial charge is 0.417 e. The van der Waals surface area contributed by atoms with Crippen LogP contribution in [-0.4, -0.2) is 29.9 Å². The molecule has 0 spiro atoms. The molecule has 1 aliphatic rings. The zero-order valence-electron chi connectivity index (χ0n) is 23.5. The van der Waals surface area contributed by atoms with Crippen LogP contribution in [0.2, 0.25) is 0 Å². The topological polar surface area (TPSA) is 87.5 Å². The molecular formula is C32H31F3N4O3. The van der Waals surface area contributed by atoms with Crippen LogP contribution in [0.25, 0.3) is 11.1 Å². The van der Waals surface area contributed by atoms with Gasteiger partial charge in [-0.1, -0.05) is 49.4 Å². The predicted molar refractivity (Wildman–Crippen MR) is 156 cm³/mol. The third-order valence-electron chi connectivity index (χ3n) is 7.36. The van der Waals surface area contributed by atoms with Gasteiger partial charge in [0, 0.05) is 30.0 Å². The van der Waals surface area contributed by atoms with Crippen molar-refractivity contribution in [3.8, 4) is 11.1 Å². The molecule has 7 nitrogen and oxygen atoms in total. The number of hydrogen-bond donors (Lipinski definition) is 2. The highest BCUT2D eigenvalue weighted by Gasteiger charge is 2.42. The summed E-state index contributed by atoms with van der Waals surface area (Å²) in [6.07, 6.45) is -3.07. The molecule has 2 heterocycles. The number of benzene rings is 3. The van der Waals surface area contributed by atoms with E-state index in [0.717, 1.165) is 40.8 Å². The van der Waals surface area contributed by atoms with E-state index in [1.807, 2.05) is 39.0 Å². The van der Waals surface area contributed by atoms with Crippen LogP contribution in [0.4, 0.5) is 30.6 Å². The van der Waals surface area contributed by atoms with Crippen molar-refractivity contribution in [2.75, 3.05) is 28.6 Å². The zero-order chi connectivity index (χ0) is 30.0. The normalized spacial score (nSPS) is 15.4. The van der Waals surface area contributed by atoms with E-state index in [9.17, 15) is 22.8 Å². The summed E-state index contributed by atoms with van der Waals surface area (Å²) in [4.78, 5) is 31.0. The van der Waals surface area contributed by atoms with Crippen LogP contribution >= 0.6 is 0 Å². The summed E-state index contributed by atoms with van der Waals surface area (Å²) in [5, 5.41) is 5.45. The van der Waals surface area contributed by atoms with Crippen molar-refractivity contribution < 1.29 is 27.2 Å². The van der Waals surface area contributed by atoms with E-state index >= 15 is 0 Å². The molecule has 10 heteroatoms. The van der Waals surface area contributed by atoms with Crippen LogP contribution in [0.1, 0.15) is 57.5 Å². The third kappa shape index (κ3) is 6.32.